The second-order valence-corrected chi connectivity index (χ2v) is 4.53. The van der Waals surface area contributed by atoms with Crippen molar-refractivity contribution in [2.75, 3.05) is 0 Å². The summed E-state index contributed by atoms with van der Waals surface area (Å²) in [6.45, 7) is 4.44. The number of carbonyl (C=O) groups excluding carboxylic acids is 1. The highest BCUT2D eigenvalue weighted by molar-refractivity contribution is 5.81. The Morgan fingerprint density at radius 3 is 2.93 bits per heavy atom. The predicted molar refractivity (Wildman–Crippen MR) is 58.9 cm³/mol. The quantitative estimate of drug-likeness (QED) is 0.559. The van der Waals surface area contributed by atoms with Gasteiger partial charge in [0.15, 0.2) is 0 Å². The van der Waals surface area contributed by atoms with Gasteiger partial charge in [0.05, 0.1) is 6.42 Å². The molecule has 1 aliphatic heterocycles. The zero-order chi connectivity index (χ0) is 10.8. The van der Waals surface area contributed by atoms with Gasteiger partial charge in [-0.25, -0.2) is 0 Å². The molecule has 0 saturated heterocycles. The van der Waals surface area contributed by atoms with E-state index in [0.717, 1.165) is 23.7 Å². The Morgan fingerprint density at radius 1 is 1.40 bits per heavy atom. The number of esters is 1. The van der Waals surface area contributed by atoms with Crippen molar-refractivity contribution in [3.8, 4) is 5.75 Å². The summed E-state index contributed by atoms with van der Waals surface area (Å²) in [5, 5.41) is 0. The molecule has 2 heteroatoms. The van der Waals surface area contributed by atoms with E-state index in [0.29, 0.717) is 6.42 Å². The number of carbonyl (C=O) groups is 1. The molecule has 0 N–H and O–H groups in total. The van der Waals surface area contributed by atoms with Crippen molar-refractivity contribution in [2.24, 2.45) is 5.92 Å². The number of fused-ring (bicyclic) bond motifs is 1. The normalized spacial score (nSPS) is 14.2. The Balaban J connectivity index is 2.09. The monoisotopic (exact) mass is 204 g/mol. The molecular formula is C13H16O2. The summed E-state index contributed by atoms with van der Waals surface area (Å²) in [5.41, 5.74) is 2.35. The molecule has 15 heavy (non-hydrogen) atoms. The molecule has 0 unspecified atom stereocenters. The summed E-state index contributed by atoms with van der Waals surface area (Å²) in [4.78, 5) is 11.1. The Kier molecular flexibility index (Phi) is 2.76. The number of aryl methyl sites for hydroxylation is 1. The van der Waals surface area contributed by atoms with E-state index in [-0.39, 0.29) is 5.97 Å². The fourth-order valence-electron chi connectivity index (χ4n) is 1.80. The minimum atomic E-state index is -0.133. The van der Waals surface area contributed by atoms with Crippen LogP contribution in [0.5, 0.6) is 5.75 Å². The van der Waals surface area contributed by atoms with Gasteiger partial charge in [-0.05, 0) is 30.4 Å². The van der Waals surface area contributed by atoms with E-state index in [1.807, 2.05) is 6.07 Å². The van der Waals surface area contributed by atoms with E-state index in [9.17, 15) is 4.79 Å². The number of ether oxygens (including phenoxy) is 1. The summed E-state index contributed by atoms with van der Waals surface area (Å²) in [6.07, 6.45) is 2.71. The molecule has 80 valence electrons. The van der Waals surface area contributed by atoms with E-state index in [4.69, 9.17) is 4.74 Å². The van der Waals surface area contributed by atoms with Crippen LogP contribution in [0, 0.1) is 5.92 Å². The Labute approximate surface area is 90.3 Å². The molecule has 0 amide bonds. The minimum absolute atomic E-state index is 0.133. The zero-order valence-electron chi connectivity index (χ0n) is 9.25. The molecule has 2 rings (SSSR count). The molecule has 0 bridgehead atoms. The van der Waals surface area contributed by atoms with Crippen LogP contribution in [0.4, 0.5) is 0 Å². The molecule has 1 aliphatic rings. The van der Waals surface area contributed by atoms with Crippen molar-refractivity contribution >= 4 is 5.97 Å². The third-order valence-electron chi connectivity index (χ3n) is 2.69. The Morgan fingerprint density at radius 2 is 2.20 bits per heavy atom. The lowest BCUT2D eigenvalue weighted by Crippen LogP contribution is -2.00. The van der Waals surface area contributed by atoms with Gasteiger partial charge in [-0.3, -0.25) is 4.79 Å². The maximum atomic E-state index is 11.1. The van der Waals surface area contributed by atoms with Gasteiger partial charge >= 0.3 is 5.97 Å². The summed E-state index contributed by atoms with van der Waals surface area (Å²) >= 11 is 0. The molecule has 0 fully saturated rings. The molecule has 1 aromatic carbocycles. The highest BCUT2D eigenvalue weighted by atomic mass is 16.5. The molecule has 0 atom stereocenters. The first kappa shape index (κ1) is 10.2. The lowest BCUT2D eigenvalue weighted by atomic mass is 10.0. The highest BCUT2D eigenvalue weighted by Crippen LogP contribution is 2.27. The van der Waals surface area contributed by atoms with Crippen LogP contribution < -0.4 is 4.74 Å². The van der Waals surface area contributed by atoms with Gasteiger partial charge in [0.25, 0.3) is 0 Å². The molecule has 1 aromatic rings. The predicted octanol–water partition coefficient (Wildman–Crippen LogP) is 2.74. The third kappa shape index (κ3) is 2.38. The van der Waals surface area contributed by atoms with Crippen LogP contribution in [-0.2, 0) is 17.6 Å². The van der Waals surface area contributed by atoms with Crippen LogP contribution in [0.2, 0.25) is 0 Å². The van der Waals surface area contributed by atoms with Crippen molar-refractivity contribution in [1.29, 1.82) is 0 Å². The van der Waals surface area contributed by atoms with Crippen molar-refractivity contribution in [2.45, 2.75) is 33.1 Å². The maximum absolute atomic E-state index is 11.1. The van der Waals surface area contributed by atoms with Crippen LogP contribution in [-0.4, -0.2) is 5.97 Å². The fraction of sp³-hybridized carbons (Fsp3) is 0.462. The van der Waals surface area contributed by atoms with Gasteiger partial charge in [0, 0.05) is 5.56 Å². The fourth-order valence-corrected chi connectivity index (χ4v) is 1.80. The van der Waals surface area contributed by atoms with Gasteiger partial charge < -0.3 is 4.74 Å². The van der Waals surface area contributed by atoms with Crippen LogP contribution in [0.1, 0.15) is 31.4 Å². The molecule has 0 aliphatic carbocycles. The average Bonchev–Trinajstić information content (AvgIpc) is 2.53. The molecule has 1 heterocycles. The SMILES string of the molecule is CC(C)CCc1ccc2c(c1)CC(=O)O2. The lowest BCUT2D eigenvalue weighted by molar-refractivity contribution is -0.131. The molecule has 0 aromatic heterocycles. The molecular weight excluding hydrogens is 188 g/mol. The number of hydrogen-bond acceptors (Lipinski definition) is 2. The topological polar surface area (TPSA) is 26.3 Å². The van der Waals surface area contributed by atoms with E-state index in [1.165, 1.54) is 12.0 Å². The number of rotatable bonds is 3. The van der Waals surface area contributed by atoms with E-state index >= 15 is 0 Å². The van der Waals surface area contributed by atoms with Crippen molar-refractivity contribution < 1.29 is 9.53 Å². The smallest absolute Gasteiger partial charge is 0.315 e. The highest BCUT2D eigenvalue weighted by Gasteiger charge is 2.19. The summed E-state index contributed by atoms with van der Waals surface area (Å²) in [5.74, 6) is 1.33. The van der Waals surface area contributed by atoms with Crippen LogP contribution >= 0.6 is 0 Å². The number of benzene rings is 1. The summed E-state index contributed by atoms with van der Waals surface area (Å²) in [7, 11) is 0. The molecule has 2 nitrogen and oxygen atoms in total. The largest absolute Gasteiger partial charge is 0.426 e. The Hall–Kier alpha value is -1.31. The van der Waals surface area contributed by atoms with Crippen LogP contribution in [0.25, 0.3) is 0 Å². The first-order valence-electron chi connectivity index (χ1n) is 5.47. The lowest BCUT2D eigenvalue weighted by Gasteiger charge is -2.05. The summed E-state index contributed by atoms with van der Waals surface area (Å²) in [6, 6.07) is 6.07. The van der Waals surface area contributed by atoms with Gasteiger partial charge in [0.2, 0.25) is 0 Å². The van der Waals surface area contributed by atoms with Crippen LogP contribution in [0.3, 0.4) is 0 Å². The van der Waals surface area contributed by atoms with Gasteiger partial charge in [0.1, 0.15) is 5.75 Å². The minimum Gasteiger partial charge on any atom is -0.426 e. The molecule has 0 saturated carbocycles. The van der Waals surface area contributed by atoms with Crippen molar-refractivity contribution in [1.82, 2.24) is 0 Å². The zero-order valence-corrected chi connectivity index (χ0v) is 9.25. The molecule has 0 radical (unpaired) electrons. The van der Waals surface area contributed by atoms with E-state index < -0.39 is 0 Å². The second kappa shape index (κ2) is 4.05. The summed E-state index contributed by atoms with van der Waals surface area (Å²) < 4.78 is 5.05. The van der Waals surface area contributed by atoms with E-state index in [1.54, 1.807) is 0 Å². The standard InChI is InChI=1S/C13H16O2/c1-9(2)3-4-10-5-6-12-11(7-10)8-13(14)15-12/h5-7,9H,3-4,8H2,1-2H3. The third-order valence-corrected chi connectivity index (χ3v) is 2.69. The first-order valence-corrected chi connectivity index (χ1v) is 5.47. The Bertz CT molecular complexity index is 380. The first-order chi connectivity index (χ1) is 7.15. The number of hydrogen-bond donors (Lipinski definition) is 0. The van der Waals surface area contributed by atoms with Crippen LogP contribution in [0.15, 0.2) is 18.2 Å². The van der Waals surface area contributed by atoms with Gasteiger partial charge in [-0.15, -0.1) is 0 Å². The maximum Gasteiger partial charge on any atom is 0.315 e. The van der Waals surface area contributed by atoms with Gasteiger partial charge in [-0.2, -0.15) is 0 Å². The molecule has 0 spiro atoms. The van der Waals surface area contributed by atoms with E-state index in [2.05, 4.69) is 26.0 Å². The van der Waals surface area contributed by atoms with Crippen molar-refractivity contribution in [3.63, 3.8) is 0 Å². The second-order valence-electron chi connectivity index (χ2n) is 4.53. The van der Waals surface area contributed by atoms with Gasteiger partial charge in [-0.1, -0.05) is 26.0 Å². The average molecular weight is 204 g/mol. The van der Waals surface area contributed by atoms with Crippen molar-refractivity contribution in [3.05, 3.63) is 29.3 Å².